The molecule has 2 heterocycles. The molecule has 13 unspecified atom stereocenters. The van der Waals surface area contributed by atoms with Crippen LogP contribution >= 0.6 is 0 Å². The van der Waals surface area contributed by atoms with E-state index in [2.05, 4.69) is 10.6 Å². The molecule has 7 rings (SSSR count). The summed E-state index contributed by atoms with van der Waals surface area (Å²) >= 11 is 0. The van der Waals surface area contributed by atoms with Crippen molar-refractivity contribution in [3.8, 4) is 5.75 Å². The van der Waals surface area contributed by atoms with Crippen LogP contribution in [0.2, 0.25) is 0 Å². The zero-order valence-electron chi connectivity index (χ0n) is 34.0. The van der Waals surface area contributed by atoms with Gasteiger partial charge in [-0.25, -0.2) is 9.59 Å². The van der Waals surface area contributed by atoms with Gasteiger partial charge in [-0.2, -0.15) is 0 Å². The zero-order chi connectivity index (χ0) is 46.5. The second-order valence-corrected chi connectivity index (χ2v) is 16.2. The Hall–Kier alpha value is -5.82. The van der Waals surface area contributed by atoms with E-state index in [1.54, 1.807) is 0 Å². The number of alkyl carbamates (subject to hydrolysis) is 1. The average Bonchev–Trinajstić information content (AvgIpc) is 3.25. The lowest BCUT2D eigenvalue weighted by Crippen LogP contribution is -2.61. The Morgan fingerprint density at radius 3 is 2.17 bits per heavy atom. The minimum Gasteiger partial charge on any atom is -0.511 e. The maximum Gasteiger partial charge on any atom is 0.407 e. The summed E-state index contributed by atoms with van der Waals surface area (Å²) < 4.78 is 28.2. The Bertz CT molecular complexity index is 2310. The Kier molecular flexibility index (Phi) is 13.0. The highest BCUT2D eigenvalue weighted by Gasteiger charge is 2.56. The first-order valence-corrected chi connectivity index (χ1v) is 20.1. The minimum atomic E-state index is -2.38. The number of allylic oxidation sites excluding steroid dienone is 2. The van der Waals surface area contributed by atoms with E-state index >= 15 is 0 Å². The molecule has 2 saturated heterocycles. The van der Waals surface area contributed by atoms with Crippen LogP contribution in [0.5, 0.6) is 5.75 Å². The highest BCUT2D eigenvalue weighted by Crippen LogP contribution is 2.51. The summed E-state index contributed by atoms with van der Waals surface area (Å²) in [4.78, 5) is 77.1. The number of benzene rings is 2. The number of aliphatic carboxylic acids is 1. The molecule has 2 aromatic carbocycles. The van der Waals surface area contributed by atoms with Gasteiger partial charge in [0.25, 0.3) is 0 Å². The monoisotopic (exact) mass is 898 g/mol. The third-order valence-corrected chi connectivity index (χ3v) is 11.9. The van der Waals surface area contributed by atoms with Crippen LogP contribution in [0.25, 0.3) is 0 Å². The molecule has 0 aromatic heterocycles. The molecule has 22 nitrogen and oxygen atoms in total. The normalized spacial score (nSPS) is 33.6. The van der Waals surface area contributed by atoms with Crippen molar-refractivity contribution >= 4 is 41.0 Å². The molecule has 13 atom stereocenters. The van der Waals surface area contributed by atoms with Crippen LogP contribution < -0.4 is 15.4 Å². The van der Waals surface area contributed by atoms with Gasteiger partial charge in [0.15, 0.2) is 29.7 Å². The molecule has 2 aromatic rings. The first kappa shape index (κ1) is 46.2. The van der Waals surface area contributed by atoms with Crippen molar-refractivity contribution in [2.45, 2.75) is 107 Å². The maximum absolute atomic E-state index is 13.8. The summed E-state index contributed by atoms with van der Waals surface area (Å²) in [5.41, 5.74) is -2.57. The molecular formula is C42H46N2O20. The number of aliphatic hydroxyl groups excluding tert-OH is 7. The van der Waals surface area contributed by atoms with E-state index < -0.39 is 152 Å². The van der Waals surface area contributed by atoms with Crippen LogP contribution in [-0.2, 0) is 39.9 Å². The van der Waals surface area contributed by atoms with Crippen LogP contribution in [0, 0.1) is 11.8 Å². The van der Waals surface area contributed by atoms with E-state index in [0.717, 1.165) is 6.92 Å². The summed E-state index contributed by atoms with van der Waals surface area (Å²) in [6, 6.07) is 8.67. The van der Waals surface area contributed by atoms with Gasteiger partial charge in [-0.3, -0.25) is 19.2 Å². The number of hydrogen-bond donors (Lipinski definition) is 11. The lowest BCUT2D eigenvalue weighted by atomic mass is 9.63. The minimum absolute atomic E-state index is 0.00974. The number of aliphatic hydroxyl groups is 8. The van der Waals surface area contributed by atoms with Gasteiger partial charge < -0.3 is 80.3 Å². The second kappa shape index (κ2) is 18.0. The Balaban J connectivity index is 1.06. The van der Waals surface area contributed by atoms with Crippen LogP contribution in [0.3, 0.4) is 0 Å². The number of carbonyl (C=O) groups is 6. The number of Topliss-reactive ketones (excluding diaryl/α,β-unsaturated/α-hetero) is 3. The molecular weight excluding hydrogens is 852 g/mol. The number of rotatable bonds is 11. The van der Waals surface area contributed by atoms with Crippen LogP contribution in [-0.4, -0.2) is 155 Å². The fourth-order valence-corrected chi connectivity index (χ4v) is 8.69. The molecule has 5 aliphatic rings. The maximum atomic E-state index is 13.8. The fraction of sp³-hybridized carbons (Fsp3) is 0.476. The number of amides is 2. The predicted octanol–water partition coefficient (Wildman–Crippen LogP) is -0.572. The first-order chi connectivity index (χ1) is 30.2. The van der Waals surface area contributed by atoms with E-state index in [1.807, 2.05) is 0 Å². The van der Waals surface area contributed by atoms with E-state index in [9.17, 15) is 74.7 Å². The fourth-order valence-electron chi connectivity index (χ4n) is 8.69. The van der Waals surface area contributed by atoms with Crippen molar-refractivity contribution in [1.82, 2.24) is 5.32 Å². The van der Waals surface area contributed by atoms with Crippen LogP contribution in [0.1, 0.15) is 59.4 Å². The molecule has 64 heavy (non-hydrogen) atoms. The average molecular weight is 899 g/mol. The number of ether oxygens (including phenoxy) is 5. The van der Waals surface area contributed by atoms with E-state index in [-0.39, 0.29) is 45.7 Å². The molecule has 1 saturated carbocycles. The summed E-state index contributed by atoms with van der Waals surface area (Å²) in [7, 11) is 0. The Labute approximate surface area is 362 Å². The molecule has 2 aliphatic heterocycles. The van der Waals surface area contributed by atoms with Gasteiger partial charge in [0.2, 0.25) is 12.2 Å². The van der Waals surface area contributed by atoms with Crippen LogP contribution in [0.4, 0.5) is 10.5 Å². The molecule has 344 valence electrons. The van der Waals surface area contributed by atoms with Crippen molar-refractivity contribution in [2.24, 2.45) is 11.8 Å². The van der Waals surface area contributed by atoms with Crippen LogP contribution in [0.15, 0.2) is 65.1 Å². The van der Waals surface area contributed by atoms with Gasteiger partial charge in [-0.1, -0.05) is 30.3 Å². The zero-order valence-corrected chi connectivity index (χ0v) is 34.0. The number of ketones is 3. The SMILES string of the molecule is CC(=O)Nc1cc(COC(=O)NC2CC(OC3CC(O)(C(=O)CO)CC4=C(O)C5C(=O)c6ccccc6C(=O)C5C(O)=C43)OC(C)C2O)ccc1OC1OC(C(=O)O)C(O)C(O)C1O. The lowest BCUT2D eigenvalue weighted by Gasteiger charge is -2.46. The molecule has 3 aliphatic carbocycles. The summed E-state index contributed by atoms with van der Waals surface area (Å²) in [5, 5.41) is 101. The number of carbonyl (C=O) groups excluding carboxylic acids is 5. The lowest BCUT2D eigenvalue weighted by molar-refractivity contribution is -0.271. The quantitative estimate of drug-likeness (QED) is 0.134. The number of nitrogens with one attached hydrogen (secondary N) is 2. The topological polar surface area (TPSA) is 355 Å². The highest BCUT2D eigenvalue weighted by atomic mass is 16.7. The number of carboxylic acid groups (broad SMARTS) is 1. The molecule has 2 amide bonds. The molecule has 11 N–H and O–H groups in total. The number of carboxylic acids is 1. The van der Waals surface area contributed by atoms with Crippen molar-refractivity contribution < 1.29 is 98.4 Å². The predicted molar refractivity (Wildman–Crippen MR) is 210 cm³/mol. The van der Waals surface area contributed by atoms with E-state index in [4.69, 9.17) is 23.7 Å². The van der Waals surface area contributed by atoms with Crippen molar-refractivity contribution in [3.05, 3.63) is 81.8 Å². The Morgan fingerprint density at radius 2 is 1.55 bits per heavy atom. The molecule has 0 spiro atoms. The van der Waals surface area contributed by atoms with Gasteiger partial charge in [-0.15, -0.1) is 0 Å². The molecule has 3 fully saturated rings. The highest BCUT2D eigenvalue weighted by molar-refractivity contribution is 6.18. The van der Waals surface area contributed by atoms with Gasteiger partial charge in [0, 0.05) is 48.5 Å². The van der Waals surface area contributed by atoms with Gasteiger partial charge in [0.05, 0.1) is 35.8 Å². The van der Waals surface area contributed by atoms with Gasteiger partial charge >= 0.3 is 12.1 Å². The van der Waals surface area contributed by atoms with E-state index in [0.29, 0.717) is 0 Å². The molecule has 0 radical (unpaired) electrons. The van der Waals surface area contributed by atoms with E-state index in [1.165, 1.54) is 49.4 Å². The van der Waals surface area contributed by atoms with Crippen molar-refractivity contribution in [1.29, 1.82) is 0 Å². The number of anilines is 1. The largest absolute Gasteiger partial charge is 0.511 e. The summed E-state index contributed by atoms with van der Waals surface area (Å²) in [5.74, 6) is -9.27. The number of fused-ring (bicyclic) bond motifs is 3. The summed E-state index contributed by atoms with van der Waals surface area (Å²) in [6.07, 6.45) is -17.5. The first-order valence-electron chi connectivity index (χ1n) is 20.1. The van der Waals surface area contributed by atoms with Gasteiger partial charge in [0.1, 0.15) is 60.5 Å². The van der Waals surface area contributed by atoms with Crippen molar-refractivity contribution in [2.75, 3.05) is 11.9 Å². The summed E-state index contributed by atoms with van der Waals surface area (Å²) in [6.45, 7) is 1.05. The Morgan fingerprint density at radius 1 is 0.891 bits per heavy atom. The smallest absolute Gasteiger partial charge is 0.407 e. The third kappa shape index (κ3) is 8.58. The number of hydrogen-bond acceptors (Lipinski definition) is 19. The molecule has 22 heteroatoms. The third-order valence-electron chi connectivity index (χ3n) is 11.9. The van der Waals surface area contributed by atoms with Gasteiger partial charge in [-0.05, 0) is 24.6 Å². The second-order valence-electron chi connectivity index (χ2n) is 16.2. The van der Waals surface area contributed by atoms with Crippen molar-refractivity contribution in [3.63, 3.8) is 0 Å². The molecule has 0 bridgehead atoms. The standard InChI is InChI=1S/C42H46N2O20/c1-15-30(48)22(44-41(58)60-14-17-7-8-23(21(9-17)43-16(2)46)63-40-37(55)35(53)36(54)38(64-40)39(56)57)10-26(61-15)62-24-12-42(59,25(47)13-45)11-20-27(24)34(52)29-28(33(20)51)31(49)18-5-3-4-6-19(18)32(29)50/h3-9,15,22,24,26,28-30,35-38,40,45,48,51-55,59H,10-14H2,1-2H3,(H,43,46)(H,44,58)(H,56,57).